The van der Waals surface area contributed by atoms with E-state index in [1.165, 1.54) is 10.5 Å². The van der Waals surface area contributed by atoms with Gasteiger partial charge in [-0.1, -0.05) is 17.7 Å². The van der Waals surface area contributed by atoms with Crippen molar-refractivity contribution in [1.82, 2.24) is 5.43 Å². The lowest BCUT2D eigenvalue weighted by Crippen LogP contribution is -2.29. The van der Waals surface area contributed by atoms with Crippen LogP contribution in [-0.4, -0.2) is 11.7 Å². The van der Waals surface area contributed by atoms with E-state index < -0.39 is 0 Å². The largest absolute Gasteiger partial charge is 0.294 e. The van der Waals surface area contributed by atoms with Gasteiger partial charge in [0.2, 0.25) is 5.91 Å². The molecule has 1 aromatic carbocycles. The number of aryl methyl sites for hydroxylation is 1. The summed E-state index contributed by atoms with van der Waals surface area (Å²) in [5, 5.41) is 0. The summed E-state index contributed by atoms with van der Waals surface area (Å²) in [6.45, 7) is 2.08. The van der Waals surface area contributed by atoms with Crippen molar-refractivity contribution < 1.29 is 4.79 Å². The number of hydrogen-bond donors (Lipinski definition) is 2. The lowest BCUT2D eigenvalue weighted by atomic mass is 10.2. The van der Waals surface area contributed by atoms with E-state index in [0.29, 0.717) is 6.42 Å². The molecule has 88 valence electrons. The zero-order valence-electron chi connectivity index (χ0n) is 9.53. The molecule has 3 N–H and O–H groups in total. The van der Waals surface area contributed by atoms with Crippen LogP contribution in [0, 0.1) is 6.92 Å². The number of amides is 1. The van der Waals surface area contributed by atoms with Crippen LogP contribution in [0.5, 0.6) is 0 Å². The standard InChI is InChI=1S/C12H18N2OS/c1-10-5-7-11(8-6-10)16-9-3-2-4-12(15)14-13/h5-8H,2-4,9,13H2,1H3,(H,14,15). The minimum atomic E-state index is -0.0830. The van der Waals surface area contributed by atoms with Crippen LogP contribution in [0.3, 0.4) is 0 Å². The Morgan fingerprint density at radius 1 is 1.31 bits per heavy atom. The third-order valence-electron chi connectivity index (χ3n) is 2.25. The van der Waals surface area contributed by atoms with Crippen molar-refractivity contribution in [3.05, 3.63) is 29.8 Å². The van der Waals surface area contributed by atoms with Crippen LogP contribution in [0.2, 0.25) is 0 Å². The summed E-state index contributed by atoms with van der Waals surface area (Å²) in [5.41, 5.74) is 3.42. The van der Waals surface area contributed by atoms with Gasteiger partial charge >= 0.3 is 0 Å². The zero-order chi connectivity index (χ0) is 11.8. The number of hydrazine groups is 1. The highest BCUT2D eigenvalue weighted by molar-refractivity contribution is 7.99. The smallest absolute Gasteiger partial charge is 0.233 e. The van der Waals surface area contributed by atoms with Crippen LogP contribution < -0.4 is 11.3 Å². The minimum Gasteiger partial charge on any atom is -0.294 e. The molecule has 0 heterocycles. The quantitative estimate of drug-likeness (QED) is 0.263. The van der Waals surface area contributed by atoms with E-state index in [0.717, 1.165) is 18.6 Å². The SMILES string of the molecule is Cc1ccc(SCCCCC(=O)NN)cc1. The molecule has 0 bridgehead atoms. The van der Waals surface area contributed by atoms with Crippen LogP contribution in [0.4, 0.5) is 0 Å². The number of thioether (sulfide) groups is 1. The van der Waals surface area contributed by atoms with E-state index in [9.17, 15) is 4.79 Å². The molecule has 1 aromatic rings. The molecule has 0 fully saturated rings. The molecule has 0 saturated carbocycles. The van der Waals surface area contributed by atoms with E-state index in [2.05, 4.69) is 36.6 Å². The van der Waals surface area contributed by atoms with E-state index in [-0.39, 0.29) is 5.91 Å². The third-order valence-corrected chi connectivity index (χ3v) is 3.35. The molecule has 1 amide bonds. The molecule has 0 saturated heterocycles. The van der Waals surface area contributed by atoms with Crippen molar-refractivity contribution in [2.75, 3.05) is 5.75 Å². The Morgan fingerprint density at radius 3 is 2.62 bits per heavy atom. The van der Waals surface area contributed by atoms with Gasteiger partial charge in [0.15, 0.2) is 0 Å². The summed E-state index contributed by atoms with van der Waals surface area (Å²) >= 11 is 1.83. The van der Waals surface area contributed by atoms with Crippen LogP contribution in [0.15, 0.2) is 29.2 Å². The molecule has 16 heavy (non-hydrogen) atoms. The van der Waals surface area contributed by atoms with E-state index in [1.807, 2.05) is 11.8 Å². The second-order valence-electron chi connectivity index (χ2n) is 3.69. The van der Waals surface area contributed by atoms with E-state index >= 15 is 0 Å². The molecule has 1 rings (SSSR count). The first-order valence-corrected chi connectivity index (χ1v) is 6.40. The van der Waals surface area contributed by atoms with E-state index in [1.54, 1.807) is 0 Å². The lowest BCUT2D eigenvalue weighted by Gasteiger charge is -2.02. The molecule has 0 atom stereocenters. The highest BCUT2D eigenvalue weighted by atomic mass is 32.2. The minimum absolute atomic E-state index is 0.0830. The normalized spacial score (nSPS) is 10.1. The van der Waals surface area contributed by atoms with Gasteiger partial charge in [-0.15, -0.1) is 11.8 Å². The maximum absolute atomic E-state index is 10.8. The Morgan fingerprint density at radius 2 is 2.00 bits per heavy atom. The predicted molar refractivity (Wildman–Crippen MR) is 68.1 cm³/mol. The molecule has 3 nitrogen and oxygen atoms in total. The number of nitrogens with one attached hydrogen (secondary N) is 1. The molecule has 0 radical (unpaired) electrons. The maximum atomic E-state index is 10.8. The van der Waals surface area contributed by atoms with Crippen molar-refractivity contribution in [2.24, 2.45) is 5.84 Å². The highest BCUT2D eigenvalue weighted by Crippen LogP contribution is 2.19. The lowest BCUT2D eigenvalue weighted by molar-refractivity contribution is -0.121. The molecule has 0 aromatic heterocycles. The summed E-state index contributed by atoms with van der Waals surface area (Å²) in [5.74, 6) is 5.95. The van der Waals surface area contributed by atoms with Gasteiger partial charge in [0, 0.05) is 11.3 Å². The molecule has 0 unspecified atom stereocenters. The van der Waals surface area contributed by atoms with Crippen LogP contribution in [-0.2, 0) is 4.79 Å². The van der Waals surface area contributed by atoms with E-state index in [4.69, 9.17) is 5.84 Å². The Kier molecular flexibility index (Phi) is 5.96. The Hall–Kier alpha value is -1.00. The summed E-state index contributed by atoms with van der Waals surface area (Å²) < 4.78 is 0. The molecule has 0 aliphatic rings. The average molecular weight is 238 g/mol. The molecule has 0 aliphatic heterocycles. The fraction of sp³-hybridized carbons (Fsp3) is 0.417. The second kappa shape index (κ2) is 7.30. The van der Waals surface area contributed by atoms with Gasteiger partial charge < -0.3 is 0 Å². The number of nitrogens with two attached hydrogens (primary N) is 1. The summed E-state index contributed by atoms with van der Waals surface area (Å²) in [4.78, 5) is 12.1. The van der Waals surface area contributed by atoms with Crippen molar-refractivity contribution in [3.63, 3.8) is 0 Å². The molecule has 4 heteroatoms. The van der Waals surface area contributed by atoms with Gasteiger partial charge in [-0.25, -0.2) is 5.84 Å². The number of carbonyl (C=O) groups is 1. The van der Waals surface area contributed by atoms with Crippen molar-refractivity contribution in [3.8, 4) is 0 Å². The first kappa shape index (κ1) is 13.1. The van der Waals surface area contributed by atoms with Gasteiger partial charge in [0.05, 0.1) is 0 Å². The van der Waals surface area contributed by atoms with Gasteiger partial charge in [-0.05, 0) is 37.7 Å². The number of benzene rings is 1. The number of carbonyl (C=O) groups excluding carboxylic acids is 1. The molecular weight excluding hydrogens is 220 g/mol. The first-order chi connectivity index (χ1) is 7.72. The summed E-state index contributed by atoms with van der Waals surface area (Å²) in [6, 6.07) is 8.49. The van der Waals surface area contributed by atoms with Gasteiger partial charge in [0.1, 0.15) is 0 Å². The van der Waals surface area contributed by atoms with Crippen LogP contribution in [0.1, 0.15) is 24.8 Å². The van der Waals surface area contributed by atoms with Crippen molar-refractivity contribution in [2.45, 2.75) is 31.1 Å². The van der Waals surface area contributed by atoms with Gasteiger partial charge in [0.25, 0.3) is 0 Å². The zero-order valence-corrected chi connectivity index (χ0v) is 10.3. The predicted octanol–water partition coefficient (Wildman–Crippen LogP) is 2.25. The fourth-order valence-electron chi connectivity index (χ4n) is 1.28. The summed E-state index contributed by atoms with van der Waals surface area (Å²) in [7, 11) is 0. The van der Waals surface area contributed by atoms with Gasteiger partial charge in [-0.3, -0.25) is 10.2 Å². The first-order valence-electron chi connectivity index (χ1n) is 5.41. The molecule has 0 aliphatic carbocycles. The fourth-order valence-corrected chi connectivity index (χ4v) is 2.20. The monoisotopic (exact) mass is 238 g/mol. The average Bonchev–Trinajstić information content (AvgIpc) is 2.31. The van der Waals surface area contributed by atoms with Crippen molar-refractivity contribution >= 4 is 17.7 Å². The topological polar surface area (TPSA) is 55.1 Å². The molecule has 0 spiro atoms. The number of hydrogen-bond acceptors (Lipinski definition) is 3. The third kappa shape index (κ3) is 5.19. The van der Waals surface area contributed by atoms with Crippen molar-refractivity contribution in [1.29, 1.82) is 0 Å². The number of rotatable bonds is 6. The Labute approximate surface area is 101 Å². The Balaban J connectivity index is 2.11. The molecular formula is C12H18N2OS. The van der Waals surface area contributed by atoms with Crippen LogP contribution >= 0.6 is 11.8 Å². The second-order valence-corrected chi connectivity index (χ2v) is 4.85. The Bertz CT molecular complexity index is 324. The highest BCUT2D eigenvalue weighted by Gasteiger charge is 1.98. The number of unbranched alkanes of at least 4 members (excludes halogenated alkanes) is 1. The summed E-state index contributed by atoms with van der Waals surface area (Å²) in [6.07, 6.45) is 2.44. The maximum Gasteiger partial charge on any atom is 0.233 e. The van der Waals surface area contributed by atoms with Gasteiger partial charge in [-0.2, -0.15) is 0 Å². The van der Waals surface area contributed by atoms with Crippen LogP contribution in [0.25, 0.3) is 0 Å².